The van der Waals surface area contributed by atoms with Crippen LogP contribution in [-0.2, 0) is 9.59 Å². The molecular formula is C21H25N3O2. The summed E-state index contributed by atoms with van der Waals surface area (Å²) in [4.78, 5) is 25.9. The lowest BCUT2D eigenvalue weighted by atomic mass is 10.0. The van der Waals surface area contributed by atoms with Gasteiger partial charge >= 0.3 is 11.8 Å². The zero-order valence-electron chi connectivity index (χ0n) is 16.0. The van der Waals surface area contributed by atoms with Gasteiger partial charge < -0.3 is 4.90 Å². The van der Waals surface area contributed by atoms with E-state index in [4.69, 9.17) is 0 Å². The molecule has 0 saturated carbocycles. The average Bonchev–Trinajstić information content (AvgIpc) is 2.65. The average molecular weight is 351 g/mol. The van der Waals surface area contributed by atoms with E-state index in [1.165, 1.54) is 11.9 Å². The second-order valence-corrected chi connectivity index (χ2v) is 6.33. The first kappa shape index (κ1) is 19.4. The predicted octanol–water partition coefficient (Wildman–Crippen LogP) is 2.99. The molecule has 0 aliphatic rings. The summed E-state index contributed by atoms with van der Waals surface area (Å²) in [5.41, 5.74) is 4.70. The van der Waals surface area contributed by atoms with Crippen LogP contribution in [0, 0.1) is 13.8 Å². The summed E-state index contributed by atoms with van der Waals surface area (Å²) in [5.74, 6) is -1.24. The van der Waals surface area contributed by atoms with Crippen molar-refractivity contribution in [3.63, 3.8) is 0 Å². The molecule has 0 aliphatic carbocycles. The number of carbonyl (C=O) groups is 2. The molecule has 0 aliphatic heterocycles. The van der Waals surface area contributed by atoms with Crippen molar-refractivity contribution in [2.24, 2.45) is 5.10 Å². The highest BCUT2D eigenvalue weighted by atomic mass is 16.2. The molecule has 0 atom stereocenters. The maximum atomic E-state index is 12.4. The van der Waals surface area contributed by atoms with Gasteiger partial charge in [0.25, 0.3) is 0 Å². The van der Waals surface area contributed by atoms with Crippen molar-refractivity contribution >= 4 is 17.5 Å². The SMILES string of the molecule is CCN(C)C(=O)C(=O)N(C)N=C(c1ccc(C)cc1)c1ccc(C)cc1. The second kappa shape index (κ2) is 8.43. The molecule has 26 heavy (non-hydrogen) atoms. The van der Waals surface area contributed by atoms with Crippen molar-refractivity contribution in [1.29, 1.82) is 0 Å². The molecule has 0 heterocycles. The molecule has 0 saturated heterocycles. The topological polar surface area (TPSA) is 53.0 Å². The van der Waals surface area contributed by atoms with Crippen LogP contribution in [0.5, 0.6) is 0 Å². The third-order valence-electron chi connectivity index (χ3n) is 4.20. The van der Waals surface area contributed by atoms with Gasteiger partial charge in [0, 0.05) is 31.8 Å². The van der Waals surface area contributed by atoms with Crippen LogP contribution in [0.3, 0.4) is 0 Å². The van der Waals surface area contributed by atoms with Crippen LogP contribution in [0.25, 0.3) is 0 Å². The summed E-state index contributed by atoms with van der Waals surface area (Å²) in [6.45, 7) is 6.31. The van der Waals surface area contributed by atoms with Crippen molar-refractivity contribution in [3.8, 4) is 0 Å². The molecule has 2 aromatic carbocycles. The lowest BCUT2D eigenvalue weighted by Crippen LogP contribution is -2.40. The van der Waals surface area contributed by atoms with E-state index in [-0.39, 0.29) is 0 Å². The number of benzene rings is 2. The van der Waals surface area contributed by atoms with Crippen molar-refractivity contribution in [1.82, 2.24) is 9.91 Å². The molecular weight excluding hydrogens is 326 g/mol. The zero-order chi connectivity index (χ0) is 19.3. The molecule has 2 amide bonds. The number of carbonyl (C=O) groups excluding carboxylic acids is 2. The molecule has 2 aromatic rings. The first-order valence-electron chi connectivity index (χ1n) is 8.59. The molecule has 5 nitrogen and oxygen atoms in total. The number of likely N-dealkylation sites (N-methyl/N-ethyl adjacent to an activating group) is 2. The van der Waals surface area contributed by atoms with Crippen LogP contribution in [0.15, 0.2) is 53.6 Å². The minimum absolute atomic E-state index is 0.463. The third-order valence-corrected chi connectivity index (χ3v) is 4.20. The van der Waals surface area contributed by atoms with Gasteiger partial charge in [-0.15, -0.1) is 0 Å². The first-order chi connectivity index (χ1) is 12.3. The predicted molar refractivity (Wildman–Crippen MR) is 104 cm³/mol. The van der Waals surface area contributed by atoms with Gasteiger partial charge in [-0.1, -0.05) is 59.7 Å². The Morgan fingerprint density at radius 1 is 0.808 bits per heavy atom. The quantitative estimate of drug-likeness (QED) is 0.483. The van der Waals surface area contributed by atoms with E-state index in [2.05, 4.69) is 5.10 Å². The van der Waals surface area contributed by atoms with Crippen molar-refractivity contribution in [3.05, 3.63) is 70.8 Å². The Kier molecular flexibility index (Phi) is 6.28. The zero-order valence-corrected chi connectivity index (χ0v) is 16.0. The molecule has 0 N–H and O–H groups in total. The van der Waals surface area contributed by atoms with E-state index in [1.807, 2.05) is 69.3 Å². The van der Waals surface area contributed by atoms with E-state index in [9.17, 15) is 9.59 Å². The smallest absolute Gasteiger partial charge is 0.331 e. The number of aryl methyl sites for hydroxylation is 2. The standard InChI is InChI=1S/C21H25N3O2/c1-6-23(4)20(25)21(26)24(5)22-19(17-11-7-15(2)8-12-17)18-13-9-16(3)10-14-18/h7-14H,6H2,1-5H3. The number of rotatable bonds is 4. The number of hydrogen-bond donors (Lipinski definition) is 0. The molecule has 0 radical (unpaired) electrons. The van der Waals surface area contributed by atoms with Crippen molar-refractivity contribution in [2.75, 3.05) is 20.6 Å². The largest absolute Gasteiger partial charge is 0.338 e. The highest BCUT2D eigenvalue weighted by molar-refractivity contribution is 6.34. The molecule has 0 aromatic heterocycles. The Balaban J connectivity index is 2.44. The summed E-state index contributed by atoms with van der Waals surface area (Å²) in [7, 11) is 3.10. The van der Waals surface area contributed by atoms with Gasteiger partial charge in [0.05, 0.1) is 5.71 Å². The minimum Gasteiger partial charge on any atom is -0.338 e. The fourth-order valence-corrected chi connectivity index (χ4v) is 2.35. The van der Waals surface area contributed by atoms with Gasteiger partial charge in [0.2, 0.25) is 0 Å². The Bertz CT molecular complexity index is 761. The maximum absolute atomic E-state index is 12.4. The van der Waals surface area contributed by atoms with Gasteiger partial charge in [-0.25, -0.2) is 5.01 Å². The molecule has 0 unspecified atom stereocenters. The fraction of sp³-hybridized carbons (Fsp3) is 0.286. The van der Waals surface area contributed by atoms with Crippen LogP contribution >= 0.6 is 0 Å². The van der Waals surface area contributed by atoms with Gasteiger partial charge in [0.15, 0.2) is 0 Å². The molecule has 136 valence electrons. The number of hydrogen-bond acceptors (Lipinski definition) is 3. The normalized spacial score (nSPS) is 10.2. The van der Waals surface area contributed by atoms with Gasteiger partial charge in [0.1, 0.15) is 0 Å². The molecule has 2 rings (SSSR count). The third kappa shape index (κ3) is 4.57. The van der Waals surface area contributed by atoms with Gasteiger partial charge in [-0.3, -0.25) is 9.59 Å². The van der Waals surface area contributed by atoms with E-state index in [0.29, 0.717) is 12.3 Å². The fourth-order valence-electron chi connectivity index (χ4n) is 2.35. The molecule has 0 bridgehead atoms. The highest BCUT2D eigenvalue weighted by Gasteiger charge is 2.22. The van der Waals surface area contributed by atoms with E-state index < -0.39 is 11.8 Å². The van der Waals surface area contributed by atoms with E-state index in [1.54, 1.807) is 7.05 Å². The van der Waals surface area contributed by atoms with Crippen molar-refractivity contribution in [2.45, 2.75) is 20.8 Å². The van der Waals surface area contributed by atoms with Gasteiger partial charge in [-0.2, -0.15) is 5.10 Å². The highest BCUT2D eigenvalue weighted by Crippen LogP contribution is 2.14. The van der Waals surface area contributed by atoms with E-state index >= 15 is 0 Å². The van der Waals surface area contributed by atoms with Crippen LogP contribution < -0.4 is 0 Å². The molecule has 5 heteroatoms. The van der Waals surface area contributed by atoms with Crippen LogP contribution in [0.2, 0.25) is 0 Å². The number of nitrogens with zero attached hydrogens (tertiary/aromatic N) is 3. The monoisotopic (exact) mass is 351 g/mol. The van der Waals surface area contributed by atoms with Gasteiger partial charge in [-0.05, 0) is 20.8 Å². The Morgan fingerprint density at radius 2 is 1.23 bits per heavy atom. The summed E-state index contributed by atoms with van der Waals surface area (Å²) < 4.78 is 0. The Hall–Kier alpha value is -2.95. The summed E-state index contributed by atoms with van der Waals surface area (Å²) in [6, 6.07) is 15.8. The Labute approximate surface area is 154 Å². The minimum atomic E-state index is -0.661. The summed E-state index contributed by atoms with van der Waals surface area (Å²) in [5, 5.41) is 5.58. The van der Waals surface area contributed by atoms with Crippen LogP contribution in [-0.4, -0.2) is 48.1 Å². The lowest BCUT2D eigenvalue weighted by molar-refractivity contribution is -0.150. The lowest BCUT2D eigenvalue weighted by Gasteiger charge is -2.18. The molecule has 0 fully saturated rings. The summed E-state index contributed by atoms with van der Waals surface area (Å²) >= 11 is 0. The molecule has 0 spiro atoms. The Morgan fingerprint density at radius 3 is 1.62 bits per heavy atom. The number of amides is 2. The second-order valence-electron chi connectivity index (χ2n) is 6.33. The van der Waals surface area contributed by atoms with Crippen LogP contribution in [0.4, 0.5) is 0 Å². The maximum Gasteiger partial charge on any atom is 0.331 e. The summed E-state index contributed by atoms with van der Waals surface area (Å²) in [6.07, 6.45) is 0. The van der Waals surface area contributed by atoms with Crippen LogP contribution in [0.1, 0.15) is 29.2 Å². The van der Waals surface area contributed by atoms with E-state index in [0.717, 1.165) is 27.3 Å². The first-order valence-corrected chi connectivity index (χ1v) is 8.59. The number of hydrazone groups is 1. The van der Waals surface area contributed by atoms with Crippen molar-refractivity contribution < 1.29 is 9.59 Å².